The lowest BCUT2D eigenvalue weighted by molar-refractivity contribution is 0.333. The molecule has 0 rings (SSSR count). The normalized spacial score (nSPS) is 10.5. The van der Waals surface area contributed by atoms with Gasteiger partial charge in [-0.1, -0.05) is 13.8 Å². The second-order valence-electron chi connectivity index (χ2n) is 1.64. The van der Waals surface area contributed by atoms with Gasteiger partial charge in [-0.2, -0.15) is 0 Å². The molecule has 0 heterocycles. The topological polar surface area (TPSA) is 3.24 Å². The average molecular weight is 135 g/mol. The molecule has 0 unspecified atom stereocenters. The van der Waals surface area contributed by atoms with Crippen molar-refractivity contribution in [1.29, 1.82) is 0 Å². The van der Waals surface area contributed by atoms with Gasteiger partial charge in [0.2, 0.25) is 0 Å². The molecule has 2 heteroatoms. The van der Waals surface area contributed by atoms with Crippen molar-refractivity contribution in [2.45, 2.75) is 13.8 Å². The zero-order valence-corrected chi connectivity index (χ0v) is 6.28. The maximum atomic E-state index is 5.39. The van der Waals surface area contributed by atoms with Crippen LogP contribution in [-0.2, 0) is 0 Å². The van der Waals surface area contributed by atoms with Gasteiger partial charge in [-0.15, -0.1) is 11.6 Å². The lowest BCUT2D eigenvalue weighted by Crippen LogP contribution is -2.23. The Morgan fingerprint density at radius 1 is 1.38 bits per heavy atom. The Balaban J connectivity index is 3.07. The number of nitrogens with zero attached hydrogens (tertiary/aromatic N) is 1. The second-order valence-corrected chi connectivity index (χ2v) is 1.95. The van der Waals surface area contributed by atoms with Crippen LogP contribution in [0.15, 0.2) is 0 Å². The minimum atomic E-state index is 0.897. The molecular formula is C6H13ClN. The van der Waals surface area contributed by atoms with E-state index < -0.39 is 0 Å². The first kappa shape index (κ1) is 8.25. The van der Waals surface area contributed by atoms with Crippen molar-refractivity contribution in [3.63, 3.8) is 0 Å². The fourth-order valence-corrected chi connectivity index (χ4v) is 0.775. The molecule has 0 spiro atoms. The highest BCUT2D eigenvalue weighted by molar-refractivity contribution is 6.23. The summed E-state index contributed by atoms with van der Waals surface area (Å²) < 4.78 is 0. The van der Waals surface area contributed by atoms with E-state index in [1.807, 2.05) is 0 Å². The van der Waals surface area contributed by atoms with Gasteiger partial charge in [0.25, 0.3) is 0 Å². The van der Waals surface area contributed by atoms with E-state index in [4.69, 9.17) is 11.6 Å². The van der Waals surface area contributed by atoms with E-state index in [0.29, 0.717) is 0 Å². The molecule has 0 amide bonds. The second kappa shape index (κ2) is 5.39. The zero-order valence-electron chi connectivity index (χ0n) is 5.52. The Bertz CT molecular complexity index is 43.8. The van der Waals surface area contributed by atoms with Crippen LogP contribution in [0.5, 0.6) is 0 Å². The number of halogens is 1. The van der Waals surface area contributed by atoms with Crippen molar-refractivity contribution >= 4 is 11.6 Å². The number of hydrogen-bond donors (Lipinski definition) is 0. The molecule has 1 radical (unpaired) electrons. The maximum Gasteiger partial charge on any atom is 0.0639 e. The summed E-state index contributed by atoms with van der Waals surface area (Å²) >= 11 is 5.39. The molecule has 0 aromatic carbocycles. The Morgan fingerprint density at radius 3 is 2.00 bits per heavy atom. The van der Waals surface area contributed by atoms with Crippen molar-refractivity contribution < 1.29 is 0 Å². The lowest BCUT2D eigenvalue weighted by atomic mass is 10.5. The summed E-state index contributed by atoms with van der Waals surface area (Å²) in [4.78, 5) is 2.24. The largest absolute Gasteiger partial charge is 0.302 e. The number of rotatable bonds is 4. The molecule has 0 N–H and O–H groups in total. The Hall–Kier alpha value is 0.250. The van der Waals surface area contributed by atoms with Crippen LogP contribution >= 0.6 is 11.6 Å². The SMILES string of the molecule is CCN(CC)C[CH]Cl. The third-order valence-corrected chi connectivity index (χ3v) is 1.36. The van der Waals surface area contributed by atoms with E-state index in [0.717, 1.165) is 19.6 Å². The van der Waals surface area contributed by atoms with Gasteiger partial charge >= 0.3 is 0 Å². The first-order valence-corrected chi connectivity index (χ1v) is 3.43. The lowest BCUT2D eigenvalue weighted by Gasteiger charge is -2.14. The molecule has 0 saturated heterocycles. The molecule has 0 atom stereocenters. The highest BCUT2D eigenvalue weighted by atomic mass is 35.5. The Kier molecular flexibility index (Phi) is 5.56. The highest BCUT2D eigenvalue weighted by Crippen LogP contribution is 1.90. The van der Waals surface area contributed by atoms with E-state index in [2.05, 4.69) is 18.7 Å². The van der Waals surface area contributed by atoms with Crippen LogP contribution in [-0.4, -0.2) is 24.5 Å². The first-order chi connectivity index (χ1) is 3.85. The maximum absolute atomic E-state index is 5.39. The van der Waals surface area contributed by atoms with Gasteiger partial charge in [-0.3, -0.25) is 0 Å². The molecule has 0 aromatic rings. The van der Waals surface area contributed by atoms with Crippen LogP contribution in [0.3, 0.4) is 0 Å². The van der Waals surface area contributed by atoms with E-state index in [-0.39, 0.29) is 0 Å². The standard InChI is InChI=1S/C6H13ClN/c1-3-8(4-2)6-5-7/h5H,3-4,6H2,1-2H3. The fraction of sp³-hybridized carbons (Fsp3) is 0.833. The first-order valence-electron chi connectivity index (χ1n) is 2.99. The molecule has 0 aromatic heterocycles. The average Bonchev–Trinajstić information content (AvgIpc) is 1.83. The molecule has 0 saturated carbocycles. The highest BCUT2D eigenvalue weighted by Gasteiger charge is 1.94. The fourth-order valence-electron chi connectivity index (χ4n) is 0.579. The third-order valence-electron chi connectivity index (χ3n) is 1.22. The summed E-state index contributed by atoms with van der Waals surface area (Å²) in [6.45, 7) is 7.32. The van der Waals surface area contributed by atoms with Crippen molar-refractivity contribution in [3.8, 4) is 0 Å². The van der Waals surface area contributed by atoms with Gasteiger partial charge in [0, 0.05) is 6.54 Å². The van der Waals surface area contributed by atoms with Crippen LogP contribution < -0.4 is 0 Å². The molecule has 0 aliphatic carbocycles. The van der Waals surface area contributed by atoms with E-state index in [9.17, 15) is 0 Å². The summed E-state index contributed by atoms with van der Waals surface area (Å²) in [5, 5.41) is 0. The van der Waals surface area contributed by atoms with Gasteiger partial charge < -0.3 is 4.90 Å². The smallest absolute Gasteiger partial charge is 0.0639 e. The van der Waals surface area contributed by atoms with Crippen LogP contribution in [0.2, 0.25) is 0 Å². The van der Waals surface area contributed by atoms with Crippen molar-refractivity contribution in [2.24, 2.45) is 0 Å². The minimum absolute atomic E-state index is 0.897. The van der Waals surface area contributed by atoms with Crippen molar-refractivity contribution in [2.75, 3.05) is 19.6 Å². The van der Waals surface area contributed by atoms with E-state index >= 15 is 0 Å². The molecule has 0 aliphatic rings. The van der Waals surface area contributed by atoms with Crippen LogP contribution in [0.25, 0.3) is 0 Å². The zero-order chi connectivity index (χ0) is 6.41. The number of hydrogen-bond acceptors (Lipinski definition) is 1. The molecule has 0 fully saturated rings. The molecular weight excluding hydrogens is 122 g/mol. The predicted octanol–water partition coefficient (Wildman–Crippen LogP) is 1.73. The van der Waals surface area contributed by atoms with Gasteiger partial charge in [-0.25, -0.2) is 0 Å². The van der Waals surface area contributed by atoms with E-state index in [1.165, 1.54) is 0 Å². The van der Waals surface area contributed by atoms with Crippen molar-refractivity contribution in [1.82, 2.24) is 4.90 Å². The predicted molar refractivity (Wildman–Crippen MR) is 37.9 cm³/mol. The van der Waals surface area contributed by atoms with Gasteiger partial charge in [-0.05, 0) is 13.1 Å². The van der Waals surface area contributed by atoms with Crippen LogP contribution in [0.1, 0.15) is 13.8 Å². The third kappa shape index (κ3) is 3.28. The summed E-state index contributed by atoms with van der Waals surface area (Å²) in [5.41, 5.74) is 0. The van der Waals surface area contributed by atoms with Crippen LogP contribution in [0, 0.1) is 5.88 Å². The molecule has 0 bridgehead atoms. The quantitative estimate of drug-likeness (QED) is 0.566. The Labute approximate surface area is 56.6 Å². The van der Waals surface area contributed by atoms with Crippen LogP contribution in [0.4, 0.5) is 0 Å². The minimum Gasteiger partial charge on any atom is -0.302 e. The Morgan fingerprint density at radius 2 is 1.88 bits per heavy atom. The summed E-state index contributed by atoms with van der Waals surface area (Å²) in [5.74, 6) is 1.66. The summed E-state index contributed by atoms with van der Waals surface area (Å²) in [7, 11) is 0. The van der Waals surface area contributed by atoms with Gasteiger partial charge in [0.05, 0.1) is 5.88 Å². The van der Waals surface area contributed by atoms with E-state index in [1.54, 1.807) is 5.88 Å². The molecule has 0 aliphatic heterocycles. The molecule has 1 nitrogen and oxygen atoms in total. The van der Waals surface area contributed by atoms with Gasteiger partial charge in [0.1, 0.15) is 0 Å². The van der Waals surface area contributed by atoms with Gasteiger partial charge in [0.15, 0.2) is 0 Å². The molecule has 8 heavy (non-hydrogen) atoms. The summed E-state index contributed by atoms with van der Waals surface area (Å²) in [6, 6.07) is 0. The summed E-state index contributed by atoms with van der Waals surface area (Å²) in [6.07, 6.45) is 0. The monoisotopic (exact) mass is 134 g/mol. The van der Waals surface area contributed by atoms with Crippen molar-refractivity contribution in [3.05, 3.63) is 5.88 Å². The molecule has 49 valence electrons.